The van der Waals surface area contributed by atoms with Gasteiger partial charge in [-0.2, -0.15) is 0 Å². The van der Waals surface area contributed by atoms with Crippen molar-refractivity contribution in [2.75, 3.05) is 51.3 Å². The molecule has 1 fully saturated rings. The van der Waals surface area contributed by atoms with E-state index in [0.717, 1.165) is 44.0 Å². The Balaban J connectivity index is 1.45. The van der Waals surface area contributed by atoms with E-state index in [2.05, 4.69) is 22.5 Å². The molecule has 0 unspecified atom stereocenters. The first-order valence-corrected chi connectivity index (χ1v) is 9.83. The predicted octanol–water partition coefficient (Wildman–Crippen LogP) is 0.383. The second kappa shape index (κ2) is 10.1. The minimum absolute atomic E-state index is 0.261. The van der Waals surface area contributed by atoms with E-state index >= 15 is 0 Å². The molecule has 0 radical (unpaired) electrons. The zero-order valence-electron chi connectivity index (χ0n) is 16.6. The Labute approximate surface area is 167 Å². The third-order valence-corrected chi connectivity index (χ3v) is 5.07. The molecule has 0 aliphatic carbocycles. The van der Waals surface area contributed by atoms with Crippen molar-refractivity contribution in [2.24, 2.45) is 0 Å². The number of methoxy groups -OCH3 is 1. The van der Waals surface area contributed by atoms with Crippen molar-refractivity contribution >= 4 is 5.82 Å². The molecular weight excluding hydrogens is 354 g/mol. The van der Waals surface area contributed by atoms with Crippen molar-refractivity contribution < 1.29 is 24.5 Å². The van der Waals surface area contributed by atoms with Gasteiger partial charge in [0.25, 0.3) is 5.82 Å². The van der Waals surface area contributed by atoms with Crippen LogP contribution >= 0.6 is 0 Å². The smallest absolute Gasteiger partial charge is 0.274 e. The van der Waals surface area contributed by atoms with Gasteiger partial charge in [0, 0.05) is 6.07 Å². The van der Waals surface area contributed by atoms with E-state index in [9.17, 15) is 5.11 Å². The lowest BCUT2D eigenvalue weighted by atomic mass is 10.1. The van der Waals surface area contributed by atoms with Crippen LogP contribution in [-0.2, 0) is 6.42 Å². The first-order valence-electron chi connectivity index (χ1n) is 9.83. The van der Waals surface area contributed by atoms with E-state index in [1.807, 2.05) is 42.6 Å². The molecule has 2 aromatic rings. The fraction of sp³-hybridized carbons (Fsp3) is 0.409. The number of piperazine rings is 1. The lowest BCUT2D eigenvalue weighted by Gasteiger charge is -2.29. The number of aliphatic hydroxyl groups excluding tert-OH is 1. The fourth-order valence-electron chi connectivity index (χ4n) is 3.55. The van der Waals surface area contributed by atoms with Crippen molar-refractivity contribution in [1.82, 2.24) is 0 Å². The lowest BCUT2D eigenvalue weighted by Crippen LogP contribution is -3.16. The van der Waals surface area contributed by atoms with Crippen LogP contribution < -0.4 is 24.3 Å². The average molecular weight is 386 g/mol. The zero-order valence-corrected chi connectivity index (χ0v) is 16.6. The molecule has 0 amide bonds. The predicted molar refractivity (Wildman–Crippen MR) is 109 cm³/mol. The number of H-pyrrole nitrogens is 1. The highest BCUT2D eigenvalue weighted by Crippen LogP contribution is 2.28. The van der Waals surface area contributed by atoms with E-state index < -0.39 is 6.10 Å². The molecule has 1 aromatic heterocycles. The van der Waals surface area contributed by atoms with Gasteiger partial charge >= 0.3 is 0 Å². The van der Waals surface area contributed by atoms with Crippen LogP contribution in [0.25, 0.3) is 0 Å². The SMILES string of the molecule is C=CCc1ccc(OC[C@H](O)C[NH+]2CCN(c3cccc[nH+]3)CC2)c(OC)c1. The van der Waals surface area contributed by atoms with Gasteiger partial charge < -0.3 is 19.5 Å². The third-order valence-electron chi connectivity index (χ3n) is 5.07. The van der Waals surface area contributed by atoms with Crippen LogP contribution in [0.2, 0.25) is 0 Å². The maximum absolute atomic E-state index is 10.4. The van der Waals surface area contributed by atoms with Gasteiger partial charge in [0.15, 0.2) is 11.5 Å². The molecule has 1 atom stereocenters. The summed E-state index contributed by atoms with van der Waals surface area (Å²) in [5, 5.41) is 10.4. The minimum atomic E-state index is -0.512. The number of hydrogen-bond donors (Lipinski definition) is 2. The van der Waals surface area contributed by atoms with Crippen LogP contribution in [0.4, 0.5) is 5.82 Å². The Bertz CT molecular complexity index is 746. The molecule has 0 saturated carbocycles. The second-order valence-corrected chi connectivity index (χ2v) is 7.13. The number of rotatable bonds is 9. The molecule has 28 heavy (non-hydrogen) atoms. The molecule has 6 heteroatoms. The van der Waals surface area contributed by atoms with Gasteiger partial charge in [-0.25, -0.2) is 4.98 Å². The van der Waals surface area contributed by atoms with Crippen LogP contribution in [0.5, 0.6) is 11.5 Å². The minimum Gasteiger partial charge on any atom is -0.493 e. The highest BCUT2D eigenvalue weighted by atomic mass is 16.5. The van der Waals surface area contributed by atoms with Crippen molar-refractivity contribution in [2.45, 2.75) is 12.5 Å². The number of ether oxygens (including phenoxy) is 2. The van der Waals surface area contributed by atoms with Gasteiger partial charge in [0.2, 0.25) is 0 Å². The first-order chi connectivity index (χ1) is 13.7. The molecule has 3 rings (SSSR count). The number of aliphatic hydroxyl groups is 1. The standard InChI is InChI=1S/C22H29N3O3/c1-3-6-18-8-9-20(21(15-18)27-2)28-17-19(26)16-24-11-13-25(14-12-24)22-7-4-5-10-23-22/h3-5,7-10,15,19,26H,1,6,11-14,16-17H2,2H3/p+2/t19-/m1/s1. The molecule has 1 aliphatic rings. The summed E-state index contributed by atoms with van der Waals surface area (Å²) < 4.78 is 11.2. The Morgan fingerprint density at radius 1 is 1.25 bits per heavy atom. The number of pyridine rings is 1. The Morgan fingerprint density at radius 3 is 2.75 bits per heavy atom. The summed E-state index contributed by atoms with van der Waals surface area (Å²) in [5.74, 6) is 2.50. The average Bonchev–Trinajstić information content (AvgIpc) is 2.74. The highest BCUT2D eigenvalue weighted by Gasteiger charge is 2.27. The molecule has 1 aliphatic heterocycles. The Morgan fingerprint density at radius 2 is 2.07 bits per heavy atom. The topological polar surface area (TPSA) is 60.5 Å². The molecule has 1 saturated heterocycles. The van der Waals surface area contributed by atoms with Crippen molar-refractivity contribution in [3.8, 4) is 11.5 Å². The molecule has 2 heterocycles. The van der Waals surface area contributed by atoms with Gasteiger partial charge in [-0.3, -0.25) is 4.90 Å². The van der Waals surface area contributed by atoms with Gasteiger partial charge in [0.1, 0.15) is 45.4 Å². The maximum Gasteiger partial charge on any atom is 0.274 e. The number of anilines is 1. The molecule has 3 N–H and O–H groups in total. The van der Waals surface area contributed by atoms with E-state index in [1.165, 1.54) is 4.90 Å². The lowest BCUT2D eigenvalue weighted by molar-refractivity contribution is -0.903. The second-order valence-electron chi connectivity index (χ2n) is 7.13. The number of aromatic nitrogens is 1. The largest absolute Gasteiger partial charge is 0.493 e. The molecule has 1 aromatic carbocycles. The zero-order chi connectivity index (χ0) is 19.8. The van der Waals surface area contributed by atoms with Gasteiger partial charge in [-0.1, -0.05) is 18.2 Å². The number of quaternary nitrogens is 1. The monoisotopic (exact) mass is 385 g/mol. The number of allylic oxidation sites excluding steroid dienone is 1. The number of aromatic amines is 1. The highest BCUT2D eigenvalue weighted by molar-refractivity contribution is 5.43. The summed E-state index contributed by atoms with van der Waals surface area (Å²) in [4.78, 5) is 7.03. The van der Waals surface area contributed by atoms with E-state index in [1.54, 1.807) is 7.11 Å². The summed E-state index contributed by atoms with van der Waals surface area (Å²) in [6.07, 6.45) is 4.09. The Hall–Kier alpha value is -2.57. The summed E-state index contributed by atoms with van der Waals surface area (Å²) in [5.41, 5.74) is 1.12. The Kier molecular flexibility index (Phi) is 7.28. The van der Waals surface area contributed by atoms with Crippen molar-refractivity contribution in [3.05, 3.63) is 60.8 Å². The van der Waals surface area contributed by atoms with Crippen molar-refractivity contribution in [1.29, 1.82) is 0 Å². The van der Waals surface area contributed by atoms with Gasteiger partial charge in [0.05, 0.1) is 13.3 Å². The van der Waals surface area contributed by atoms with Gasteiger partial charge in [-0.15, -0.1) is 6.58 Å². The third kappa shape index (κ3) is 5.47. The van der Waals surface area contributed by atoms with Crippen LogP contribution in [0.1, 0.15) is 5.56 Å². The summed E-state index contributed by atoms with van der Waals surface area (Å²) in [6, 6.07) is 12.0. The fourth-order valence-corrected chi connectivity index (χ4v) is 3.55. The quantitative estimate of drug-likeness (QED) is 0.613. The van der Waals surface area contributed by atoms with Crippen LogP contribution in [0.3, 0.4) is 0 Å². The molecule has 150 valence electrons. The molecule has 0 bridgehead atoms. The molecule has 0 spiro atoms. The van der Waals surface area contributed by atoms with Crippen LogP contribution in [-0.4, -0.2) is 57.7 Å². The first kappa shape index (κ1) is 20.2. The van der Waals surface area contributed by atoms with Gasteiger partial charge in [-0.05, 0) is 30.2 Å². The number of benzene rings is 1. The number of nitrogens with one attached hydrogen (secondary N) is 2. The van der Waals surface area contributed by atoms with Crippen LogP contribution in [0.15, 0.2) is 55.3 Å². The molecular formula is C22H31N3O3+2. The van der Waals surface area contributed by atoms with E-state index in [-0.39, 0.29) is 6.61 Å². The number of hydrogen-bond acceptors (Lipinski definition) is 4. The van der Waals surface area contributed by atoms with E-state index in [4.69, 9.17) is 9.47 Å². The molecule has 6 nitrogen and oxygen atoms in total. The summed E-state index contributed by atoms with van der Waals surface area (Å²) >= 11 is 0. The normalized spacial score (nSPS) is 15.9. The summed E-state index contributed by atoms with van der Waals surface area (Å²) in [6.45, 7) is 8.65. The van der Waals surface area contributed by atoms with Crippen LogP contribution in [0, 0.1) is 0 Å². The number of nitrogens with zero attached hydrogens (tertiary/aromatic N) is 1. The summed E-state index contributed by atoms with van der Waals surface area (Å²) in [7, 11) is 1.63. The maximum atomic E-state index is 10.4. The van der Waals surface area contributed by atoms with Crippen molar-refractivity contribution in [3.63, 3.8) is 0 Å². The van der Waals surface area contributed by atoms with E-state index in [0.29, 0.717) is 18.0 Å².